The van der Waals surface area contributed by atoms with Gasteiger partial charge >= 0.3 is 0 Å². The molecule has 0 spiro atoms. The number of amides is 1. The van der Waals surface area contributed by atoms with Crippen molar-refractivity contribution < 1.29 is 4.79 Å². The number of piperidine rings is 1. The molecule has 0 atom stereocenters. The maximum absolute atomic E-state index is 12.3. The summed E-state index contributed by atoms with van der Waals surface area (Å²) in [6.45, 7) is 4.37. The fourth-order valence-corrected chi connectivity index (χ4v) is 3.77. The van der Waals surface area contributed by atoms with Crippen molar-refractivity contribution in [3.63, 3.8) is 0 Å². The van der Waals surface area contributed by atoms with Gasteiger partial charge < -0.3 is 10.2 Å². The van der Waals surface area contributed by atoms with E-state index in [4.69, 9.17) is 11.6 Å². The first-order valence-corrected chi connectivity index (χ1v) is 9.60. The quantitative estimate of drug-likeness (QED) is 0.627. The van der Waals surface area contributed by atoms with Gasteiger partial charge in [-0.05, 0) is 77.7 Å². The van der Waals surface area contributed by atoms with Crippen molar-refractivity contribution in [1.29, 1.82) is 0 Å². The van der Waals surface area contributed by atoms with Crippen LogP contribution in [0.25, 0.3) is 0 Å². The van der Waals surface area contributed by atoms with E-state index in [0.29, 0.717) is 10.6 Å². The fraction of sp³-hybridized carbons (Fsp3) is 0.316. The third-order valence-corrected chi connectivity index (χ3v) is 5.39. The molecular formula is C19H20ClIN2O. The van der Waals surface area contributed by atoms with Crippen LogP contribution in [0.2, 0.25) is 5.02 Å². The average molecular weight is 455 g/mol. The molecular weight excluding hydrogens is 435 g/mol. The average Bonchev–Trinajstić information content (AvgIpc) is 2.56. The summed E-state index contributed by atoms with van der Waals surface area (Å²) < 4.78 is 1.04. The summed E-state index contributed by atoms with van der Waals surface area (Å²) in [4.78, 5) is 14.7. The van der Waals surface area contributed by atoms with Gasteiger partial charge in [-0.1, -0.05) is 24.6 Å². The van der Waals surface area contributed by atoms with Gasteiger partial charge in [0.2, 0.25) is 0 Å². The Labute approximate surface area is 161 Å². The molecule has 1 saturated heterocycles. The second-order valence-corrected chi connectivity index (χ2v) is 7.95. The summed E-state index contributed by atoms with van der Waals surface area (Å²) in [5.41, 5.74) is 2.42. The van der Waals surface area contributed by atoms with Crippen LogP contribution in [0, 0.1) is 9.49 Å². The highest BCUT2D eigenvalue weighted by Gasteiger charge is 2.18. The van der Waals surface area contributed by atoms with Crippen molar-refractivity contribution in [3.8, 4) is 0 Å². The van der Waals surface area contributed by atoms with Crippen LogP contribution in [0.3, 0.4) is 0 Å². The molecule has 1 heterocycles. The van der Waals surface area contributed by atoms with Gasteiger partial charge in [0.1, 0.15) is 0 Å². The van der Waals surface area contributed by atoms with E-state index in [1.54, 1.807) is 0 Å². The Bertz CT molecular complexity index is 742. The lowest BCUT2D eigenvalue weighted by Crippen LogP contribution is -2.32. The highest BCUT2D eigenvalue weighted by Crippen LogP contribution is 2.32. The van der Waals surface area contributed by atoms with Crippen molar-refractivity contribution in [2.75, 3.05) is 23.3 Å². The largest absolute Gasteiger partial charge is 0.370 e. The minimum atomic E-state index is -0.121. The minimum absolute atomic E-state index is 0.121. The van der Waals surface area contributed by atoms with Crippen molar-refractivity contribution in [1.82, 2.24) is 0 Å². The molecule has 0 bridgehead atoms. The molecule has 0 radical (unpaired) electrons. The van der Waals surface area contributed by atoms with Gasteiger partial charge in [0.25, 0.3) is 5.91 Å². The van der Waals surface area contributed by atoms with Crippen LogP contribution < -0.4 is 10.2 Å². The number of rotatable bonds is 3. The van der Waals surface area contributed by atoms with Crippen molar-refractivity contribution in [2.45, 2.75) is 19.8 Å². The number of hydrogen-bond acceptors (Lipinski definition) is 2. The minimum Gasteiger partial charge on any atom is -0.370 e. The number of carbonyl (C=O) groups is 1. The van der Waals surface area contributed by atoms with Gasteiger partial charge in [-0.25, -0.2) is 0 Å². The van der Waals surface area contributed by atoms with Crippen LogP contribution in [0.1, 0.15) is 30.1 Å². The first-order valence-electron chi connectivity index (χ1n) is 8.14. The lowest BCUT2D eigenvalue weighted by atomic mass is 9.99. The number of halogens is 2. The van der Waals surface area contributed by atoms with Gasteiger partial charge in [-0.2, -0.15) is 0 Å². The first kappa shape index (κ1) is 17.5. The maximum Gasteiger partial charge on any atom is 0.255 e. The summed E-state index contributed by atoms with van der Waals surface area (Å²) in [6, 6.07) is 13.3. The molecule has 2 aromatic rings. The molecule has 0 aromatic heterocycles. The van der Waals surface area contributed by atoms with E-state index in [1.807, 2.05) is 42.5 Å². The number of nitrogens with zero attached hydrogens (tertiary/aromatic N) is 1. The normalized spacial score (nSPS) is 15.4. The summed E-state index contributed by atoms with van der Waals surface area (Å²) in [7, 11) is 0. The molecule has 0 aliphatic carbocycles. The Morgan fingerprint density at radius 2 is 1.96 bits per heavy atom. The predicted molar refractivity (Wildman–Crippen MR) is 109 cm³/mol. The fourth-order valence-electron chi connectivity index (χ4n) is 2.92. The van der Waals surface area contributed by atoms with Crippen molar-refractivity contribution >= 4 is 51.5 Å². The van der Waals surface area contributed by atoms with Crippen LogP contribution in [0.5, 0.6) is 0 Å². The number of benzene rings is 2. The Hall–Kier alpha value is -1.27. The number of nitrogens with one attached hydrogen (secondary N) is 1. The van der Waals surface area contributed by atoms with E-state index >= 15 is 0 Å². The Balaban J connectivity index is 1.71. The molecule has 1 amide bonds. The molecule has 1 aliphatic rings. The zero-order valence-electron chi connectivity index (χ0n) is 13.6. The number of carbonyl (C=O) groups excluding carboxylic acids is 1. The molecule has 1 aliphatic heterocycles. The summed E-state index contributed by atoms with van der Waals surface area (Å²) in [6.07, 6.45) is 2.39. The van der Waals surface area contributed by atoms with Gasteiger partial charge in [0.15, 0.2) is 0 Å². The monoisotopic (exact) mass is 454 g/mol. The first-order chi connectivity index (χ1) is 11.5. The second-order valence-electron chi connectivity index (χ2n) is 6.30. The molecule has 5 heteroatoms. The SMILES string of the molecule is CC1CCN(c2ccc(NC(=O)c3cccc(I)c3)cc2Cl)CC1. The molecule has 0 unspecified atom stereocenters. The third-order valence-electron chi connectivity index (χ3n) is 4.42. The molecule has 3 rings (SSSR count). The van der Waals surface area contributed by atoms with Gasteiger partial charge in [-0.3, -0.25) is 4.79 Å². The Morgan fingerprint density at radius 1 is 1.21 bits per heavy atom. The molecule has 24 heavy (non-hydrogen) atoms. The van der Waals surface area contributed by atoms with E-state index < -0.39 is 0 Å². The highest BCUT2D eigenvalue weighted by molar-refractivity contribution is 14.1. The smallest absolute Gasteiger partial charge is 0.255 e. The topological polar surface area (TPSA) is 32.3 Å². The standard InChI is InChI=1S/C19H20ClIN2O/c1-13-7-9-23(10-8-13)18-6-5-16(12-17(18)20)22-19(24)14-3-2-4-15(21)11-14/h2-6,11-13H,7-10H2,1H3,(H,22,24). The van der Waals surface area contributed by atoms with Crippen molar-refractivity contribution in [2.24, 2.45) is 5.92 Å². The molecule has 1 N–H and O–H groups in total. The maximum atomic E-state index is 12.3. The van der Waals surface area contributed by atoms with Crippen molar-refractivity contribution in [3.05, 3.63) is 56.6 Å². The van der Waals surface area contributed by atoms with Crippen LogP contribution in [0.4, 0.5) is 11.4 Å². The van der Waals surface area contributed by atoms with Gasteiger partial charge in [-0.15, -0.1) is 0 Å². The van der Waals surface area contributed by atoms with E-state index in [-0.39, 0.29) is 5.91 Å². The second kappa shape index (κ2) is 7.74. The third kappa shape index (κ3) is 4.22. The van der Waals surface area contributed by atoms with Gasteiger partial charge in [0.05, 0.1) is 10.7 Å². The van der Waals surface area contributed by atoms with Crippen LogP contribution in [0.15, 0.2) is 42.5 Å². The molecule has 2 aromatic carbocycles. The summed E-state index contributed by atoms with van der Waals surface area (Å²) in [5, 5.41) is 3.60. The molecule has 0 saturated carbocycles. The molecule has 1 fully saturated rings. The summed E-state index contributed by atoms with van der Waals surface area (Å²) >= 11 is 8.66. The van der Waals surface area contributed by atoms with E-state index in [1.165, 1.54) is 12.8 Å². The highest BCUT2D eigenvalue weighted by atomic mass is 127. The predicted octanol–water partition coefficient (Wildman–Crippen LogP) is 5.43. The molecule has 3 nitrogen and oxygen atoms in total. The lowest BCUT2D eigenvalue weighted by Gasteiger charge is -2.32. The summed E-state index contributed by atoms with van der Waals surface area (Å²) in [5.74, 6) is 0.663. The number of anilines is 2. The van der Waals surface area contributed by atoms with E-state index in [2.05, 4.69) is 39.7 Å². The van der Waals surface area contributed by atoms with Gasteiger partial charge in [0, 0.05) is 27.9 Å². The Morgan fingerprint density at radius 3 is 2.62 bits per heavy atom. The van der Waals surface area contributed by atoms with E-state index in [0.717, 1.165) is 34.0 Å². The Kier molecular flexibility index (Phi) is 5.66. The van der Waals surface area contributed by atoms with E-state index in [9.17, 15) is 4.79 Å². The zero-order valence-corrected chi connectivity index (χ0v) is 16.5. The number of hydrogen-bond donors (Lipinski definition) is 1. The zero-order chi connectivity index (χ0) is 17.1. The van der Waals surface area contributed by atoms with Crippen LogP contribution in [-0.2, 0) is 0 Å². The lowest BCUT2D eigenvalue weighted by molar-refractivity contribution is 0.102. The van der Waals surface area contributed by atoms with Crippen LogP contribution in [-0.4, -0.2) is 19.0 Å². The van der Waals surface area contributed by atoms with Crippen LogP contribution >= 0.6 is 34.2 Å². The molecule has 126 valence electrons.